The van der Waals surface area contributed by atoms with Crippen LogP contribution in [-0.2, 0) is 14.0 Å². The fraction of sp³-hybridized carbons (Fsp3) is 0.611. The molecule has 2 N–H and O–H groups in total. The normalized spacial score (nSPS) is 21.6. The first-order chi connectivity index (χ1) is 12.6. The molecule has 1 amide bonds. The summed E-state index contributed by atoms with van der Waals surface area (Å²) in [6, 6.07) is 7.41. The van der Waals surface area contributed by atoms with Crippen LogP contribution < -0.4 is 10.8 Å². The molecule has 2 aliphatic heterocycles. The van der Waals surface area contributed by atoms with Crippen LogP contribution in [0.15, 0.2) is 24.3 Å². The van der Waals surface area contributed by atoms with Gasteiger partial charge in [0.05, 0.1) is 17.8 Å². The molecule has 7 nitrogen and oxygen atoms in total. The van der Waals surface area contributed by atoms with Gasteiger partial charge in [0.15, 0.2) is 0 Å². The number of rotatable bonds is 5. The summed E-state index contributed by atoms with van der Waals surface area (Å²) < 4.78 is 17.5. The number of benzene rings is 1. The fourth-order valence-electron chi connectivity index (χ4n) is 3.15. The molecule has 3 rings (SSSR count). The van der Waals surface area contributed by atoms with Crippen molar-refractivity contribution in [1.82, 2.24) is 4.81 Å². The van der Waals surface area contributed by atoms with E-state index >= 15 is 0 Å². The van der Waals surface area contributed by atoms with Crippen molar-refractivity contribution in [2.45, 2.75) is 45.7 Å². The summed E-state index contributed by atoms with van der Waals surface area (Å²) in [7, 11) is -1.01. The van der Waals surface area contributed by atoms with Gasteiger partial charge in [0.2, 0.25) is 0 Å². The highest BCUT2D eigenvalue weighted by atomic mass is 16.7. The first-order valence-electron chi connectivity index (χ1n) is 9.39. The summed E-state index contributed by atoms with van der Waals surface area (Å²) in [5.41, 5.74) is 0.466. The average Bonchev–Trinajstić information content (AvgIpc) is 2.74. The fourth-order valence-corrected chi connectivity index (χ4v) is 3.15. The van der Waals surface area contributed by atoms with Crippen LogP contribution in [0.25, 0.3) is 0 Å². The van der Waals surface area contributed by atoms with Gasteiger partial charge in [-0.05, 0) is 53.7 Å². The molecular formula is C18H28B2N2O5. The monoisotopic (exact) mass is 374 g/mol. The SMILES string of the molecule is CB(O)N1CC(COC(=O)Nc2ccccc2B2OC(C)(C)C(C)(C)O2)C1. The number of para-hydroxylation sites is 1. The molecule has 0 spiro atoms. The quantitative estimate of drug-likeness (QED) is 0.762. The predicted octanol–water partition coefficient (Wildman–Crippen LogP) is 1.58. The highest BCUT2D eigenvalue weighted by Gasteiger charge is 2.52. The highest BCUT2D eigenvalue weighted by Crippen LogP contribution is 2.37. The molecule has 27 heavy (non-hydrogen) atoms. The Morgan fingerprint density at radius 3 is 2.48 bits per heavy atom. The van der Waals surface area contributed by atoms with Gasteiger partial charge in [0, 0.05) is 17.1 Å². The van der Waals surface area contributed by atoms with Crippen LogP contribution in [0, 0.1) is 5.92 Å². The van der Waals surface area contributed by atoms with Gasteiger partial charge in [0.1, 0.15) is 0 Å². The van der Waals surface area contributed by atoms with Gasteiger partial charge in [-0.1, -0.05) is 18.2 Å². The number of hydrogen-bond acceptors (Lipinski definition) is 6. The van der Waals surface area contributed by atoms with Crippen molar-refractivity contribution in [1.29, 1.82) is 0 Å². The van der Waals surface area contributed by atoms with Crippen LogP contribution in [0.1, 0.15) is 27.7 Å². The van der Waals surface area contributed by atoms with E-state index in [0.717, 1.165) is 18.6 Å². The molecule has 1 aromatic rings. The molecule has 146 valence electrons. The van der Waals surface area contributed by atoms with Crippen molar-refractivity contribution in [2.75, 3.05) is 25.0 Å². The molecule has 0 radical (unpaired) electrons. The number of ether oxygens (including phenoxy) is 1. The van der Waals surface area contributed by atoms with E-state index in [1.165, 1.54) is 0 Å². The van der Waals surface area contributed by atoms with Crippen molar-refractivity contribution < 1.29 is 23.9 Å². The number of carbonyl (C=O) groups is 1. The maximum atomic E-state index is 12.2. The number of carbonyl (C=O) groups excluding carboxylic acids is 1. The Labute approximate surface area is 161 Å². The van der Waals surface area contributed by atoms with E-state index in [9.17, 15) is 9.82 Å². The lowest BCUT2D eigenvalue weighted by atomic mass is 9.78. The summed E-state index contributed by atoms with van der Waals surface area (Å²) in [4.78, 5) is 14.1. The van der Waals surface area contributed by atoms with E-state index in [4.69, 9.17) is 14.0 Å². The van der Waals surface area contributed by atoms with Gasteiger partial charge in [0.25, 0.3) is 0 Å². The maximum absolute atomic E-state index is 12.2. The Balaban J connectivity index is 1.58. The first kappa shape index (κ1) is 20.2. The zero-order valence-electron chi connectivity index (χ0n) is 16.7. The van der Waals surface area contributed by atoms with Crippen LogP contribution in [0.4, 0.5) is 10.5 Å². The largest absolute Gasteiger partial charge is 0.496 e. The molecule has 0 aliphatic carbocycles. The third-order valence-corrected chi connectivity index (χ3v) is 5.67. The summed E-state index contributed by atoms with van der Waals surface area (Å²) in [5, 5.41) is 12.2. The Bertz CT molecular complexity index is 676. The minimum absolute atomic E-state index is 0.253. The molecule has 2 fully saturated rings. The molecule has 2 saturated heterocycles. The van der Waals surface area contributed by atoms with Gasteiger partial charge < -0.3 is 23.9 Å². The molecule has 0 unspecified atom stereocenters. The second-order valence-corrected chi connectivity index (χ2v) is 8.35. The third-order valence-electron chi connectivity index (χ3n) is 5.67. The molecule has 9 heteroatoms. The van der Waals surface area contributed by atoms with Gasteiger partial charge in [-0.2, -0.15) is 0 Å². The molecule has 2 aliphatic rings. The van der Waals surface area contributed by atoms with Gasteiger partial charge in [-0.3, -0.25) is 5.32 Å². The molecule has 0 aromatic heterocycles. The summed E-state index contributed by atoms with van der Waals surface area (Å²) >= 11 is 0. The zero-order chi connectivity index (χ0) is 19.8. The third kappa shape index (κ3) is 4.32. The smallest absolute Gasteiger partial charge is 0.449 e. The van der Waals surface area contributed by atoms with Crippen LogP contribution in [-0.4, -0.2) is 61.0 Å². The molecule has 0 saturated carbocycles. The van der Waals surface area contributed by atoms with Crippen LogP contribution in [0.2, 0.25) is 6.82 Å². The molecule has 0 atom stereocenters. The molecule has 1 aromatic carbocycles. The second kappa shape index (κ2) is 7.47. The van der Waals surface area contributed by atoms with E-state index in [2.05, 4.69) is 5.32 Å². The summed E-state index contributed by atoms with van der Waals surface area (Å²) in [6.45, 7) is 11.5. The Morgan fingerprint density at radius 1 is 1.30 bits per heavy atom. The van der Waals surface area contributed by atoms with E-state index in [0.29, 0.717) is 12.3 Å². The average molecular weight is 374 g/mol. The number of amides is 1. The predicted molar refractivity (Wildman–Crippen MR) is 106 cm³/mol. The molecule has 2 heterocycles. The number of hydrogen-bond donors (Lipinski definition) is 2. The molecular weight excluding hydrogens is 346 g/mol. The van der Waals surface area contributed by atoms with E-state index in [1.807, 2.05) is 50.7 Å². The Morgan fingerprint density at radius 2 is 1.89 bits per heavy atom. The lowest BCUT2D eigenvalue weighted by Crippen LogP contribution is -2.55. The van der Waals surface area contributed by atoms with Crippen molar-refractivity contribution in [3.8, 4) is 0 Å². The van der Waals surface area contributed by atoms with E-state index in [-0.39, 0.29) is 5.92 Å². The van der Waals surface area contributed by atoms with Crippen molar-refractivity contribution in [3.05, 3.63) is 24.3 Å². The van der Waals surface area contributed by atoms with Gasteiger partial charge in [-0.15, -0.1) is 0 Å². The van der Waals surface area contributed by atoms with Crippen molar-refractivity contribution >= 4 is 31.4 Å². The maximum Gasteiger partial charge on any atom is 0.496 e. The highest BCUT2D eigenvalue weighted by molar-refractivity contribution is 6.64. The zero-order valence-corrected chi connectivity index (χ0v) is 16.7. The first-order valence-corrected chi connectivity index (χ1v) is 9.39. The molecule has 0 bridgehead atoms. The summed E-state index contributed by atoms with van der Waals surface area (Å²) in [6.07, 6.45) is -0.505. The van der Waals surface area contributed by atoms with Crippen LogP contribution in [0.5, 0.6) is 0 Å². The summed E-state index contributed by atoms with van der Waals surface area (Å²) in [5.74, 6) is 0.253. The van der Waals surface area contributed by atoms with E-state index in [1.54, 1.807) is 12.9 Å². The van der Waals surface area contributed by atoms with E-state index < -0.39 is 31.5 Å². The number of nitrogens with zero attached hydrogens (tertiary/aromatic N) is 1. The Hall–Kier alpha value is -1.54. The number of anilines is 1. The lowest BCUT2D eigenvalue weighted by Gasteiger charge is -2.39. The van der Waals surface area contributed by atoms with Crippen LogP contribution in [0.3, 0.4) is 0 Å². The van der Waals surface area contributed by atoms with Crippen molar-refractivity contribution in [3.63, 3.8) is 0 Å². The van der Waals surface area contributed by atoms with Gasteiger partial charge >= 0.3 is 20.3 Å². The minimum atomic E-state index is -0.558. The van der Waals surface area contributed by atoms with Gasteiger partial charge in [-0.25, -0.2) is 4.79 Å². The number of nitrogens with one attached hydrogen (secondary N) is 1. The topological polar surface area (TPSA) is 80.3 Å². The minimum Gasteiger partial charge on any atom is -0.449 e. The second-order valence-electron chi connectivity index (χ2n) is 8.35. The van der Waals surface area contributed by atoms with Crippen molar-refractivity contribution in [2.24, 2.45) is 5.92 Å². The van der Waals surface area contributed by atoms with Crippen LogP contribution >= 0.6 is 0 Å². The lowest BCUT2D eigenvalue weighted by molar-refractivity contribution is 0.00578. The Kier molecular flexibility index (Phi) is 5.59. The standard InChI is InChI=1S/C18H28B2N2O5/c1-17(2)18(3,4)27-20(26-17)14-8-6-7-9-15(14)21-16(23)25-12-13-10-22(11-13)19(5)24/h6-9,13,24H,10-12H2,1-5H3,(H,21,23).